The second-order valence-electron chi connectivity index (χ2n) is 6.05. The zero-order valence-corrected chi connectivity index (χ0v) is 16.5. The highest BCUT2D eigenvalue weighted by molar-refractivity contribution is 7.89. The predicted molar refractivity (Wildman–Crippen MR) is 101 cm³/mol. The van der Waals surface area contributed by atoms with Gasteiger partial charge in [-0.3, -0.25) is 0 Å². The van der Waals surface area contributed by atoms with Crippen LogP contribution in [0.15, 0.2) is 51.8 Å². The topological polar surface area (TPSA) is 125 Å². The van der Waals surface area contributed by atoms with Crippen LogP contribution in [-0.4, -0.2) is 24.6 Å². The molecule has 0 fully saturated rings. The van der Waals surface area contributed by atoms with E-state index in [0.29, 0.717) is 5.89 Å². The van der Waals surface area contributed by atoms with Crippen molar-refractivity contribution in [2.45, 2.75) is 24.8 Å². The number of carbonyl (C=O) groups excluding carboxylic acids is 1. The minimum Gasteiger partial charge on any atom is -0.449 e. The van der Waals surface area contributed by atoms with Gasteiger partial charge in [-0.1, -0.05) is 29.3 Å². The number of ether oxygens (including phenoxy) is 1. The van der Waals surface area contributed by atoms with Gasteiger partial charge in [-0.05, 0) is 44.2 Å². The molecule has 0 radical (unpaired) electrons. The first-order valence-electron chi connectivity index (χ1n) is 8.09. The summed E-state index contributed by atoms with van der Waals surface area (Å²) in [6.07, 6.45) is -0.854. The maximum atomic E-state index is 12.3. The Kier molecular flexibility index (Phi) is 5.50. The average Bonchev–Trinajstić information content (AvgIpc) is 3.12. The molecule has 10 heteroatoms. The van der Waals surface area contributed by atoms with Crippen LogP contribution in [-0.2, 0) is 14.8 Å². The number of aromatic nitrogens is 2. The Morgan fingerprint density at radius 2 is 1.86 bits per heavy atom. The molecule has 1 atom stereocenters. The first-order chi connectivity index (χ1) is 13.1. The molecular formula is C18H16ClN3O5S. The molecule has 3 rings (SSSR count). The fourth-order valence-electron chi connectivity index (χ4n) is 2.34. The fourth-order valence-corrected chi connectivity index (χ4v) is 3.41. The summed E-state index contributed by atoms with van der Waals surface area (Å²) in [4.78, 5) is 12.0. The van der Waals surface area contributed by atoms with Gasteiger partial charge in [-0.2, -0.15) is 0 Å². The van der Waals surface area contributed by atoms with Gasteiger partial charge >= 0.3 is 5.97 Å². The lowest BCUT2D eigenvalue weighted by molar-refractivity contribution is 0.0279. The van der Waals surface area contributed by atoms with Crippen molar-refractivity contribution in [1.29, 1.82) is 0 Å². The van der Waals surface area contributed by atoms with E-state index in [-0.39, 0.29) is 21.4 Å². The van der Waals surface area contributed by atoms with E-state index < -0.39 is 22.1 Å². The lowest BCUT2D eigenvalue weighted by atomic mass is 10.1. The summed E-state index contributed by atoms with van der Waals surface area (Å²) in [5.41, 5.74) is 1.80. The van der Waals surface area contributed by atoms with Crippen LogP contribution in [0.2, 0.25) is 5.02 Å². The van der Waals surface area contributed by atoms with E-state index in [1.807, 2.05) is 31.2 Å². The number of primary sulfonamides is 1. The lowest BCUT2D eigenvalue weighted by Gasteiger charge is -2.10. The van der Waals surface area contributed by atoms with Crippen molar-refractivity contribution in [3.8, 4) is 11.5 Å². The van der Waals surface area contributed by atoms with Gasteiger partial charge in [-0.15, -0.1) is 10.2 Å². The predicted octanol–water partition coefficient (Wildman–Crippen LogP) is 3.26. The first kappa shape index (κ1) is 20.0. The average molecular weight is 422 g/mol. The molecule has 146 valence electrons. The Morgan fingerprint density at radius 1 is 1.18 bits per heavy atom. The number of sulfonamides is 1. The number of aryl methyl sites for hydroxylation is 1. The number of nitrogens with zero attached hydrogens (tertiary/aromatic N) is 2. The van der Waals surface area contributed by atoms with Gasteiger partial charge in [0.15, 0.2) is 6.10 Å². The van der Waals surface area contributed by atoms with Gasteiger partial charge in [0.1, 0.15) is 4.90 Å². The second-order valence-corrected chi connectivity index (χ2v) is 7.99. The van der Waals surface area contributed by atoms with Gasteiger partial charge in [0.05, 0.1) is 10.6 Å². The molecule has 0 amide bonds. The van der Waals surface area contributed by atoms with E-state index in [2.05, 4.69) is 10.2 Å². The molecule has 0 unspecified atom stereocenters. The lowest BCUT2D eigenvalue weighted by Crippen LogP contribution is -2.15. The first-order valence-corrected chi connectivity index (χ1v) is 10.0. The molecule has 0 spiro atoms. The smallest absolute Gasteiger partial charge is 0.338 e. The van der Waals surface area contributed by atoms with Crippen LogP contribution in [0.25, 0.3) is 11.5 Å². The van der Waals surface area contributed by atoms with Gasteiger partial charge in [-0.25, -0.2) is 18.4 Å². The molecule has 2 aromatic carbocycles. The van der Waals surface area contributed by atoms with Crippen LogP contribution in [0.5, 0.6) is 0 Å². The summed E-state index contributed by atoms with van der Waals surface area (Å²) >= 11 is 5.81. The maximum absolute atomic E-state index is 12.3. The standard InChI is InChI=1S/C18H16ClN3O5S/c1-10-3-5-12(6-4-10)17-22-21-16(27-17)11(2)26-18(23)13-7-8-14(19)15(9-13)28(20,24)25/h3-9,11H,1-2H3,(H2,20,24,25)/t11-/m1/s1. The molecule has 0 saturated carbocycles. The minimum absolute atomic E-state index is 0.0291. The number of nitrogens with two attached hydrogens (primary N) is 1. The van der Waals surface area contributed by atoms with Crippen LogP contribution < -0.4 is 5.14 Å². The molecule has 3 aromatic rings. The highest BCUT2D eigenvalue weighted by Gasteiger charge is 2.22. The molecule has 0 aliphatic carbocycles. The minimum atomic E-state index is -4.08. The van der Waals surface area contributed by atoms with Crippen molar-refractivity contribution < 1.29 is 22.4 Å². The number of halogens is 1. The van der Waals surface area contributed by atoms with Gasteiger partial charge in [0, 0.05) is 5.56 Å². The molecular weight excluding hydrogens is 406 g/mol. The summed E-state index contributed by atoms with van der Waals surface area (Å²) in [7, 11) is -4.08. The summed E-state index contributed by atoms with van der Waals surface area (Å²) in [6, 6.07) is 11.1. The molecule has 1 aromatic heterocycles. The third-order valence-corrected chi connectivity index (χ3v) is 5.24. The van der Waals surface area contributed by atoms with Gasteiger partial charge in [0.2, 0.25) is 15.9 Å². The second kappa shape index (κ2) is 7.70. The number of hydrogen-bond acceptors (Lipinski definition) is 7. The van der Waals surface area contributed by atoms with Gasteiger partial charge < -0.3 is 9.15 Å². The largest absolute Gasteiger partial charge is 0.449 e. The van der Waals surface area contributed by atoms with Crippen molar-refractivity contribution in [3.05, 3.63) is 64.5 Å². The Hall–Kier alpha value is -2.75. The van der Waals surface area contributed by atoms with Crippen molar-refractivity contribution in [2.75, 3.05) is 0 Å². The quantitative estimate of drug-likeness (QED) is 0.626. The number of hydrogen-bond donors (Lipinski definition) is 1. The Morgan fingerprint density at radius 3 is 2.50 bits per heavy atom. The molecule has 8 nitrogen and oxygen atoms in total. The Bertz CT molecular complexity index is 1130. The summed E-state index contributed by atoms with van der Waals surface area (Å²) < 4.78 is 33.9. The molecule has 0 saturated heterocycles. The maximum Gasteiger partial charge on any atom is 0.338 e. The molecule has 0 bridgehead atoms. The summed E-state index contributed by atoms with van der Waals surface area (Å²) in [6.45, 7) is 3.52. The van der Waals surface area contributed by atoms with Gasteiger partial charge in [0.25, 0.3) is 5.89 Å². The van der Waals surface area contributed by atoms with E-state index >= 15 is 0 Å². The van der Waals surface area contributed by atoms with Crippen molar-refractivity contribution in [2.24, 2.45) is 5.14 Å². The normalized spacial score (nSPS) is 12.6. The third-order valence-electron chi connectivity index (χ3n) is 3.84. The van der Waals surface area contributed by atoms with Crippen LogP contribution in [0.3, 0.4) is 0 Å². The van der Waals surface area contributed by atoms with E-state index in [1.54, 1.807) is 6.92 Å². The monoisotopic (exact) mass is 421 g/mol. The van der Waals surface area contributed by atoms with E-state index in [9.17, 15) is 13.2 Å². The summed E-state index contributed by atoms with van der Waals surface area (Å²) in [5.74, 6) is -0.394. The highest BCUT2D eigenvalue weighted by atomic mass is 35.5. The molecule has 28 heavy (non-hydrogen) atoms. The number of benzene rings is 2. The van der Waals surface area contributed by atoms with Crippen LogP contribution in [0.1, 0.15) is 34.8 Å². The van der Waals surface area contributed by atoms with E-state index in [1.165, 1.54) is 12.1 Å². The van der Waals surface area contributed by atoms with Crippen molar-refractivity contribution >= 4 is 27.6 Å². The molecule has 0 aliphatic rings. The van der Waals surface area contributed by atoms with Crippen LogP contribution in [0.4, 0.5) is 0 Å². The van der Waals surface area contributed by atoms with E-state index in [0.717, 1.165) is 17.2 Å². The number of esters is 1. The zero-order valence-electron chi connectivity index (χ0n) is 14.9. The van der Waals surface area contributed by atoms with Crippen molar-refractivity contribution in [1.82, 2.24) is 10.2 Å². The van der Waals surface area contributed by atoms with Crippen LogP contribution >= 0.6 is 11.6 Å². The highest BCUT2D eigenvalue weighted by Crippen LogP contribution is 2.25. The SMILES string of the molecule is Cc1ccc(-c2nnc([C@@H](C)OC(=O)c3ccc(Cl)c(S(N)(=O)=O)c3)o2)cc1. The number of rotatable bonds is 5. The number of carbonyl (C=O) groups is 1. The zero-order chi connectivity index (χ0) is 20.5. The Labute approximate surface area is 166 Å². The van der Waals surface area contributed by atoms with Crippen molar-refractivity contribution in [3.63, 3.8) is 0 Å². The summed E-state index contributed by atoms with van der Waals surface area (Å²) in [5, 5.41) is 12.9. The molecule has 2 N–H and O–H groups in total. The Balaban J connectivity index is 1.77. The van der Waals surface area contributed by atoms with E-state index in [4.69, 9.17) is 25.9 Å². The molecule has 0 aliphatic heterocycles. The molecule has 1 heterocycles. The fraction of sp³-hybridized carbons (Fsp3) is 0.167. The third kappa shape index (κ3) is 4.38. The van der Waals surface area contributed by atoms with Crippen LogP contribution in [0, 0.1) is 6.92 Å².